The first-order valence-electron chi connectivity index (χ1n) is 10.2. The van der Waals surface area contributed by atoms with Crippen LogP contribution in [0.3, 0.4) is 0 Å². The van der Waals surface area contributed by atoms with E-state index in [2.05, 4.69) is 12.0 Å². The maximum Gasteiger partial charge on any atom is 0.175 e. The van der Waals surface area contributed by atoms with Crippen molar-refractivity contribution in [3.05, 3.63) is 24.3 Å². The first kappa shape index (κ1) is 23.3. The summed E-state index contributed by atoms with van der Waals surface area (Å²) in [4.78, 5) is 0. The van der Waals surface area contributed by atoms with E-state index in [0.717, 1.165) is 24.0 Å². The minimum Gasteiger partial charge on any atom is -0.496 e. The summed E-state index contributed by atoms with van der Waals surface area (Å²) in [7, 11) is 6.39. The zero-order valence-electron chi connectivity index (χ0n) is 18.6. The summed E-state index contributed by atoms with van der Waals surface area (Å²) in [6, 6.07) is 7.22. The predicted molar refractivity (Wildman–Crippen MR) is 116 cm³/mol. The lowest BCUT2D eigenvalue weighted by Gasteiger charge is -2.18. The number of hydrogen-bond acceptors (Lipinski definition) is 6. The zero-order chi connectivity index (χ0) is 21.9. The summed E-state index contributed by atoms with van der Waals surface area (Å²) < 4.78 is 28.2. The normalized spacial score (nSPS) is 10.4. The summed E-state index contributed by atoms with van der Waals surface area (Å²) in [6.45, 7) is 2.79. The third kappa shape index (κ3) is 5.55. The zero-order valence-corrected chi connectivity index (χ0v) is 18.6. The molecule has 0 aliphatic rings. The molecule has 0 aromatic heterocycles. The van der Waals surface area contributed by atoms with E-state index >= 15 is 0 Å². The molecule has 164 valence electrons. The second-order valence-corrected chi connectivity index (χ2v) is 6.82. The van der Waals surface area contributed by atoms with Gasteiger partial charge in [-0.3, -0.25) is 0 Å². The Morgan fingerprint density at radius 3 is 1.90 bits per heavy atom. The Kier molecular flexibility index (Phi) is 9.25. The van der Waals surface area contributed by atoms with Gasteiger partial charge in [-0.2, -0.15) is 5.53 Å². The molecule has 2 aromatic rings. The van der Waals surface area contributed by atoms with Crippen molar-refractivity contribution in [2.45, 2.75) is 39.0 Å². The van der Waals surface area contributed by atoms with Gasteiger partial charge < -0.3 is 23.7 Å². The van der Waals surface area contributed by atoms with Crippen LogP contribution in [0, 0.1) is 0 Å². The lowest BCUT2D eigenvalue weighted by Crippen LogP contribution is -2.22. The smallest absolute Gasteiger partial charge is 0.175 e. The Balaban J connectivity index is 2.46. The average molecular weight is 418 g/mol. The summed E-state index contributed by atoms with van der Waals surface area (Å²) in [5.74, 6) is 2.98. The van der Waals surface area contributed by atoms with E-state index in [1.165, 1.54) is 19.3 Å². The number of benzene rings is 2. The van der Waals surface area contributed by atoms with Gasteiger partial charge >= 0.3 is 0 Å². The van der Waals surface area contributed by atoms with Crippen molar-refractivity contribution >= 4 is 5.69 Å². The number of nitrogens with zero attached hydrogens (tertiary/aromatic N) is 1. The summed E-state index contributed by atoms with van der Waals surface area (Å²) >= 11 is 0. The summed E-state index contributed by atoms with van der Waals surface area (Å²) in [6.07, 6.45) is 5.77. The van der Waals surface area contributed by atoms with Gasteiger partial charge in [0.15, 0.2) is 11.4 Å². The van der Waals surface area contributed by atoms with Crippen molar-refractivity contribution in [3.63, 3.8) is 0 Å². The van der Waals surface area contributed by atoms with Crippen LogP contribution in [0.5, 0.6) is 28.7 Å². The van der Waals surface area contributed by atoms with Crippen LogP contribution in [-0.2, 0) is 0 Å². The molecule has 0 atom stereocenters. The van der Waals surface area contributed by atoms with Crippen molar-refractivity contribution in [3.8, 4) is 39.9 Å². The fraction of sp³-hybridized carbons (Fsp3) is 0.478. The first-order chi connectivity index (χ1) is 14.6. The highest BCUT2D eigenvalue weighted by Gasteiger charge is 2.22. The van der Waals surface area contributed by atoms with E-state index in [1.807, 2.05) is 6.07 Å². The fourth-order valence-electron chi connectivity index (χ4n) is 3.29. The molecule has 0 fully saturated rings. The van der Waals surface area contributed by atoms with Crippen LogP contribution in [0.4, 0.5) is 5.69 Å². The molecule has 0 spiro atoms. The van der Waals surface area contributed by atoms with E-state index < -0.39 is 0 Å². The van der Waals surface area contributed by atoms with Crippen molar-refractivity contribution in [1.29, 1.82) is 0 Å². The summed E-state index contributed by atoms with van der Waals surface area (Å²) in [5, 5.41) is 3.87. The van der Waals surface area contributed by atoms with E-state index in [4.69, 9.17) is 29.2 Å². The highest BCUT2D eigenvalue weighted by Crippen LogP contribution is 2.48. The van der Waals surface area contributed by atoms with Crippen molar-refractivity contribution in [2.75, 3.05) is 35.0 Å². The van der Waals surface area contributed by atoms with Crippen LogP contribution >= 0.6 is 0 Å². The van der Waals surface area contributed by atoms with Crippen LogP contribution in [0.1, 0.15) is 39.0 Å². The Hall–Kier alpha value is -2.96. The molecule has 7 nitrogen and oxygen atoms in total. The van der Waals surface area contributed by atoms with Gasteiger partial charge in [0.2, 0.25) is 0 Å². The summed E-state index contributed by atoms with van der Waals surface area (Å²) in [5.41, 5.74) is 7.61. The lowest BCUT2D eigenvalue weighted by atomic mass is 10.0. The van der Waals surface area contributed by atoms with E-state index in [0.29, 0.717) is 41.0 Å². The Morgan fingerprint density at radius 2 is 1.37 bits per heavy atom. The topological polar surface area (TPSA) is 84.1 Å². The van der Waals surface area contributed by atoms with E-state index in [9.17, 15) is 0 Å². The Bertz CT molecular complexity index is 814. The predicted octanol–water partition coefficient (Wildman–Crippen LogP) is 4.58. The lowest BCUT2D eigenvalue weighted by molar-refractivity contribution is -0.210. The monoisotopic (exact) mass is 417 g/mol. The van der Waals surface area contributed by atoms with Gasteiger partial charge in [-0.15, -0.1) is 0 Å². The minimum atomic E-state index is 0.524. The maximum absolute atomic E-state index is 6.03. The standard InChI is InChI=1S/C23H32N2O5/c1-6-7-8-9-10-11-30-20-14-17(19(27-3)15-18(20)25-24)23-21(28-4)12-16(26-2)13-22(23)29-5/h12-15,24H,6-11H2,1-5H3/p+1. The van der Waals surface area contributed by atoms with Gasteiger partial charge in [0.1, 0.15) is 23.0 Å². The number of nitrogens with two attached hydrogens (primary N) is 1. The molecule has 0 saturated carbocycles. The number of hydrogen-bond donors (Lipinski definition) is 1. The molecule has 2 rings (SSSR count). The molecule has 0 amide bonds. The van der Waals surface area contributed by atoms with Gasteiger partial charge in [0.05, 0.1) is 40.6 Å². The number of ether oxygens (including phenoxy) is 5. The Labute approximate surface area is 178 Å². The number of methoxy groups -OCH3 is 4. The second kappa shape index (κ2) is 11.9. The first-order valence-corrected chi connectivity index (χ1v) is 10.2. The molecule has 2 N–H and O–H groups in total. The number of rotatable bonds is 13. The SMILES string of the molecule is CCCCCCCOc1cc(-c2c(OC)cc(OC)cc2OC)c(OC)cc1N=[NH2+]. The van der Waals surface area contributed by atoms with Crippen molar-refractivity contribution < 1.29 is 29.2 Å². The molecular weight excluding hydrogens is 384 g/mol. The molecular formula is C23H33N2O5+. The highest BCUT2D eigenvalue weighted by atomic mass is 16.5. The van der Waals surface area contributed by atoms with E-state index in [1.54, 1.807) is 46.6 Å². The van der Waals surface area contributed by atoms with Crippen LogP contribution in [0.25, 0.3) is 11.1 Å². The molecule has 0 heterocycles. The fourth-order valence-corrected chi connectivity index (χ4v) is 3.29. The molecule has 0 aliphatic carbocycles. The minimum absolute atomic E-state index is 0.524. The molecule has 0 bridgehead atoms. The van der Waals surface area contributed by atoms with E-state index in [-0.39, 0.29) is 0 Å². The van der Waals surface area contributed by atoms with Crippen LogP contribution < -0.4 is 29.2 Å². The van der Waals surface area contributed by atoms with Gasteiger partial charge in [-0.1, -0.05) is 32.6 Å². The van der Waals surface area contributed by atoms with Crippen molar-refractivity contribution in [2.24, 2.45) is 5.11 Å². The van der Waals surface area contributed by atoms with Crippen LogP contribution in [0.15, 0.2) is 29.4 Å². The quantitative estimate of drug-likeness (QED) is 0.381. The molecule has 0 unspecified atom stereocenters. The highest BCUT2D eigenvalue weighted by molar-refractivity contribution is 5.85. The second-order valence-electron chi connectivity index (χ2n) is 6.82. The molecule has 0 radical (unpaired) electrons. The van der Waals surface area contributed by atoms with Gasteiger partial charge in [-0.05, 0) is 17.6 Å². The van der Waals surface area contributed by atoms with Gasteiger partial charge in [-0.25, -0.2) is 0 Å². The molecule has 30 heavy (non-hydrogen) atoms. The van der Waals surface area contributed by atoms with Crippen molar-refractivity contribution in [1.82, 2.24) is 0 Å². The largest absolute Gasteiger partial charge is 0.496 e. The average Bonchev–Trinajstić information content (AvgIpc) is 2.79. The molecule has 2 aromatic carbocycles. The molecule has 0 saturated heterocycles. The van der Waals surface area contributed by atoms with Gasteiger partial charge in [0, 0.05) is 23.8 Å². The van der Waals surface area contributed by atoms with Gasteiger partial charge in [0.25, 0.3) is 0 Å². The Morgan fingerprint density at radius 1 is 0.733 bits per heavy atom. The molecule has 7 heteroatoms. The number of unbranched alkanes of at least 4 members (excludes halogenated alkanes) is 4. The third-order valence-corrected chi connectivity index (χ3v) is 4.91. The van der Waals surface area contributed by atoms with Crippen LogP contribution in [-0.4, -0.2) is 35.0 Å². The third-order valence-electron chi connectivity index (χ3n) is 4.91. The van der Waals surface area contributed by atoms with Crippen LogP contribution in [0.2, 0.25) is 0 Å². The molecule has 0 aliphatic heterocycles. The maximum atomic E-state index is 6.03.